The number of alkyl halides is 3. The molecule has 9 heteroatoms. The van der Waals surface area contributed by atoms with Crippen molar-refractivity contribution >= 4 is 39.7 Å². The van der Waals surface area contributed by atoms with Gasteiger partial charge in [0.05, 0.1) is 16.1 Å². The van der Waals surface area contributed by atoms with Crippen LogP contribution in [0.3, 0.4) is 0 Å². The van der Waals surface area contributed by atoms with Gasteiger partial charge in [-0.3, -0.25) is 4.99 Å². The molecule has 3 aromatic rings. The third kappa shape index (κ3) is 3.67. The number of rotatable bonds is 2. The van der Waals surface area contributed by atoms with E-state index < -0.39 is 11.7 Å². The van der Waals surface area contributed by atoms with Crippen LogP contribution in [-0.2, 0) is 6.18 Å². The van der Waals surface area contributed by atoms with Crippen LogP contribution in [0.25, 0.3) is 16.5 Å². The molecule has 2 aromatic heterocycles. The smallest absolute Gasteiger partial charge is 0.360 e. The second-order valence-corrected chi connectivity index (χ2v) is 7.48. The Labute approximate surface area is 176 Å². The summed E-state index contributed by atoms with van der Waals surface area (Å²) in [6.45, 7) is 3.06. The minimum absolute atomic E-state index is 0.270. The van der Waals surface area contributed by atoms with Crippen LogP contribution < -0.4 is 4.90 Å². The lowest BCUT2D eigenvalue weighted by Gasteiger charge is -2.31. The molecule has 0 bridgehead atoms. The third-order valence-electron chi connectivity index (χ3n) is 5.36. The molecule has 0 aliphatic carbocycles. The van der Waals surface area contributed by atoms with Crippen LogP contribution in [0, 0.1) is 0 Å². The number of aromatic nitrogens is 3. The number of nitrogens with zero attached hydrogens (tertiary/aromatic N) is 4. The second-order valence-electron chi connectivity index (χ2n) is 7.08. The van der Waals surface area contributed by atoms with Crippen molar-refractivity contribution in [1.82, 2.24) is 15.0 Å². The van der Waals surface area contributed by atoms with Crippen molar-refractivity contribution in [3.63, 3.8) is 0 Å². The number of hydrogen-bond donors (Lipinski definition) is 1. The Hall–Kier alpha value is -2.87. The molecule has 0 spiro atoms. The van der Waals surface area contributed by atoms with Crippen molar-refractivity contribution in [2.75, 3.05) is 25.0 Å². The number of benzene rings is 1. The van der Waals surface area contributed by atoms with Crippen molar-refractivity contribution in [2.24, 2.45) is 4.99 Å². The van der Waals surface area contributed by atoms with E-state index in [9.17, 15) is 13.2 Å². The first-order chi connectivity index (χ1) is 14.3. The van der Waals surface area contributed by atoms with Crippen LogP contribution >= 0.6 is 11.6 Å². The van der Waals surface area contributed by atoms with Gasteiger partial charge in [-0.25, -0.2) is 9.97 Å². The first-order valence-corrected chi connectivity index (χ1v) is 9.73. The number of aromatic amines is 1. The molecule has 0 saturated carbocycles. The molecule has 3 heterocycles. The number of halogens is 4. The fraction of sp³-hybridized carbons (Fsp3) is 0.286. The summed E-state index contributed by atoms with van der Waals surface area (Å²) >= 11 is 6.29. The van der Waals surface area contributed by atoms with Crippen LogP contribution in [0.4, 0.5) is 19.1 Å². The number of piperidine rings is 1. The minimum Gasteiger partial charge on any atom is -0.360 e. The molecule has 1 N–H and O–H groups in total. The van der Waals surface area contributed by atoms with E-state index in [-0.39, 0.29) is 5.95 Å². The number of nitrogens with one attached hydrogen (secondary N) is 1. The molecular weight excluding hydrogens is 415 g/mol. The predicted molar refractivity (Wildman–Crippen MR) is 113 cm³/mol. The van der Waals surface area contributed by atoms with Gasteiger partial charge in [-0.15, -0.1) is 0 Å². The molecule has 1 aliphatic rings. The average molecular weight is 434 g/mol. The van der Waals surface area contributed by atoms with E-state index in [0.717, 1.165) is 45.7 Å². The van der Waals surface area contributed by atoms with Crippen molar-refractivity contribution in [1.29, 1.82) is 0 Å². The average Bonchev–Trinajstić information content (AvgIpc) is 3.23. The SMILES string of the molecule is C/N=C1/CCN(c2ncc(C(F)(F)F)cn2)C/C1=C(/C)c1ccc(Cl)c2[nH]ccc12. The van der Waals surface area contributed by atoms with Gasteiger partial charge in [-0.05, 0) is 35.8 Å². The van der Waals surface area contributed by atoms with E-state index in [1.807, 2.05) is 36.2 Å². The van der Waals surface area contributed by atoms with Gasteiger partial charge in [-0.2, -0.15) is 13.2 Å². The molecule has 1 fully saturated rings. The molecule has 30 heavy (non-hydrogen) atoms. The molecule has 0 amide bonds. The Morgan fingerprint density at radius 2 is 1.93 bits per heavy atom. The summed E-state index contributed by atoms with van der Waals surface area (Å²) in [5.41, 5.74) is 4.05. The van der Waals surface area contributed by atoms with E-state index in [1.165, 1.54) is 0 Å². The molecule has 5 nitrogen and oxygen atoms in total. The van der Waals surface area contributed by atoms with Gasteiger partial charge < -0.3 is 9.88 Å². The molecule has 0 radical (unpaired) electrons. The molecular formula is C21H19ClF3N5. The molecule has 1 aromatic carbocycles. The number of anilines is 1. The Balaban J connectivity index is 1.72. The summed E-state index contributed by atoms with van der Waals surface area (Å²) in [5, 5.41) is 1.65. The lowest BCUT2D eigenvalue weighted by atomic mass is 9.92. The zero-order valence-corrected chi connectivity index (χ0v) is 17.1. The first kappa shape index (κ1) is 20.4. The van der Waals surface area contributed by atoms with Crippen molar-refractivity contribution in [3.05, 3.63) is 58.5 Å². The molecule has 1 aliphatic heterocycles. The first-order valence-electron chi connectivity index (χ1n) is 9.35. The van der Waals surface area contributed by atoms with Gasteiger partial charge in [0.1, 0.15) is 0 Å². The summed E-state index contributed by atoms with van der Waals surface area (Å²) < 4.78 is 38.4. The Kier molecular flexibility index (Phi) is 5.27. The summed E-state index contributed by atoms with van der Waals surface area (Å²) in [6, 6.07) is 5.80. The van der Waals surface area contributed by atoms with Crippen LogP contribution in [-0.4, -0.2) is 40.8 Å². The fourth-order valence-electron chi connectivity index (χ4n) is 3.75. The maximum Gasteiger partial charge on any atom is 0.419 e. The number of aliphatic imine (C=N–C) groups is 1. The van der Waals surface area contributed by atoms with Crippen molar-refractivity contribution in [2.45, 2.75) is 19.5 Å². The van der Waals surface area contributed by atoms with Gasteiger partial charge in [0.2, 0.25) is 5.95 Å². The molecule has 0 atom stereocenters. The highest BCUT2D eigenvalue weighted by Crippen LogP contribution is 2.33. The third-order valence-corrected chi connectivity index (χ3v) is 5.68. The summed E-state index contributed by atoms with van der Waals surface area (Å²) in [5.74, 6) is 0.270. The molecule has 156 valence electrons. The topological polar surface area (TPSA) is 57.2 Å². The zero-order valence-electron chi connectivity index (χ0n) is 16.4. The highest BCUT2D eigenvalue weighted by Gasteiger charge is 2.32. The lowest BCUT2D eigenvalue weighted by molar-refractivity contribution is -0.138. The Morgan fingerprint density at radius 1 is 1.20 bits per heavy atom. The molecule has 1 saturated heterocycles. The maximum absolute atomic E-state index is 12.8. The number of H-pyrrole nitrogens is 1. The van der Waals surface area contributed by atoms with Crippen molar-refractivity contribution < 1.29 is 13.2 Å². The standard InChI is InChI=1S/C21H19ClF3N5/c1-12(14-3-4-17(22)19-15(14)5-7-27-19)16-11-30(8-6-18(16)26-2)20-28-9-13(10-29-20)21(23,24)25/h3-5,7,9-10,27H,6,8,11H2,1-2H3/b16-12+,26-18-. The van der Waals surface area contributed by atoms with Gasteiger partial charge in [0, 0.05) is 56.2 Å². The summed E-state index contributed by atoms with van der Waals surface area (Å²) in [7, 11) is 1.75. The van der Waals surface area contributed by atoms with Gasteiger partial charge in [-0.1, -0.05) is 17.7 Å². The maximum atomic E-state index is 12.8. The van der Waals surface area contributed by atoms with Crippen LogP contribution in [0.2, 0.25) is 5.02 Å². The quantitative estimate of drug-likeness (QED) is 0.590. The van der Waals surface area contributed by atoms with Gasteiger partial charge in [0.25, 0.3) is 0 Å². The van der Waals surface area contributed by atoms with E-state index in [0.29, 0.717) is 24.5 Å². The van der Waals surface area contributed by atoms with E-state index in [2.05, 4.69) is 19.9 Å². The number of fused-ring (bicyclic) bond motifs is 1. The summed E-state index contributed by atoms with van der Waals surface area (Å²) in [6.07, 6.45) is -0.316. The number of allylic oxidation sites excluding steroid dienone is 1. The van der Waals surface area contributed by atoms with Crippen LogP contribution in [0.15, 0.2) is 47.4 Å². The number of hydrogen-bond acceptors (Lipinski definition) is 4. The van der Waals surface area contributed by atoms with E-state index >= 15 is 0 Å². The fourth-order valence-corrected chi connectivity index (χ4v) is 3.97. The largest absolute Gasteiger partial charge is 0.419 e. The molecule has 0 unspecified atom stereocenters. The zero-order chi connectivity index (χ0) is 21.5. The highest BCUT2D eigenvalue weighted by molar-refractivity contribution is 6.35. The second kappa shape index (κ2) is 7.75. The van der Waals surface area contributed by atoms with Gasteiger partial charge >= 0.3 is 6.18 Å². The molecule has 4 rings (SSSR count). The van der Waals surface area contributed by atoms with E-state index in [1.54, 1.807) is 7.05 Å². The Morgan fingerprint density at radius 3 is 2.60 bits per heavy atom. The summed E-state index contributed by atoms with van der Waals surface area (Å²) in [4.78, 5) is 17.4. The monoisotopic (exact) mass is 433 g/mol. The Bertz CT molecular complexity index is 1150. The lowest BCUT2D eigenvalue weighted by Crippen LogP contribution is -2.37. The predicted octanol–water partition coefficient (Wildman–Crippen LogP) is 5.38. The highest BCUT2D eigenvalue weighted by atomic mass is 35.5. The normalized spacial score (nSPS) is 18.3. The van der Waals surface area contributed by atoms with E-state index in [4.69, 9.17) is 11.6 Å². The van der Waals surface area contributed by atoms with Gasteiger partial charge in [0.15, 0.2) is 0 Å². The minimum atomic E-state index is -4.46. The van der Waals surface area contributed by atoms with Crippen LogP contribution in [0.1, 0.15) is 24.5 Å². The van der Waals surface area contributed by atoms with Crippen molar-refractivity contribution in [3.8, 4) is 0 Å². The van der Waals surface area contributed by atoms with Crippen LogP contribution in [0.5, 0.6) is 0 Å².